The highest BCUT2D eigenvalue weighted by Gasteiger charge is 2.01. The number of anilines is 1. The number of benzene rings is 1. The minimum Gasteiger partial charge on any atom is -0.305 e. The zero-order valence-corrected chi connectivity index (χ0v) is 8.29. The first-order chi connectivity index (χ1) is 6.95. The third-order valence-corrected chi connectivity index (χ3v) is 2.43. The molecule has 0 atom stereocenters. The van der Waals surface area contributed by atoms with Gasteiger partial charge in [-0.05, 0) is 37.8 Å². The van der Waals surface area contributed by atoms with Gasteiger partial charge in [0.2, 0.25) is 0 Å². The molecular formula is C12H16N2. The van der Waals surface area contributed by atoms with Crippen LogP contribution in [0.1, 0.15) is 25.7 Å². The molecule has 1 aromatic rings. The summed E-state index contributed by atoms with van der Waals surface area (Å²) in [5, 5.41) is 0. The zero-order chi connectivity index (χ0) is 9.64. The molecule has 1 aliphatic rings. The average Bonchev–Trinajstić information content (AvgIpc) is 2.29. The van der Waals surface area contributed by atoms with Gasteiger partial charge in [-0.15, -0.1) is 0 Å². The normalized spacial score (nSPS) is 15.9. The maximum Gasteiger partial charge on any atom is 0.0539 e. The summed E-state index contributed by atoms with van der Waals surface area (Å²) in [5.74, 6) is 0. The van der Waals surface area contributed by atoms with Crippen molar-refractivity contribution < 1.29 is 0 Å². The second kappa shape index (κ2) is 4.70. The molecule has 0 fully saturated rings. The van der Waals surface area contributed by atoms with Crippen LogP contribution in [0.15, 0.2) is 42.1 Å². The molecule has 2 rings (SSSR count). The molecule has 0 aromatic heterocycles. The predicted octanol–water partition coefficient (Wildman–Crippen LogP) is 3.06. The van der Waals surface area contributed by atoms with Gasteiger partial charge >= 0.3 is 0 Å². The van der Waals surface area contributed by atoms with Crippen LogP contribution in [0.5, 0.6) is 0 Å². The Hall–Kier alpha value is -1.44. The van der Waals surface area contributed by atoms with Crippen molar-refractivity contribution in [2.45, 2.75) is 25.7 Å². The molecule has 2 heteroatoms. The molecule has 0 saturated carbocycles. The third kappa shape index (κ3) is 2.52. The van der Waals surface area contributed by atoms with Crippen LogP contribution in [0.3, 0.4) is 0 Å². The maximum absolute atomic E-state index is 3.25. The van der Waals surface area contributed by atoms with E-state index in [1.807, 2.05) is 18.2 Å². The van der Waals surface area contributed by atoms with Gasteiger partial charge in [-0.3, -0.25) is 0 Å². The van der Waals surface area contributed by atoms with Crippen molar-refractivity contribution in [2.75, 3.05) is 5.43 Å². The lowest BCUT2D eigenvalue weighted by Gasteiger charge is -2.16. The van der Waals surface area contributed by atoms with Crippen LogP contribution < -0.4 is 10.9 Å². The second-order valence-electron chi connectivity index (χ2n) is 3.59. The summed E-state index contributed by atoms with van der Waals surface area (Å²) < 4.78 is 0. The van der Waals surface area contributed by atoms with Gasteiger partial charge in [0.05, 0.1) is 5.69 Å². The van der Waals surface area contributed by atoms with E-state index in [1.165, 1.54) is 31.4 Å². The fourth-order valence-electron chi connectivity index (χ4n) is 1.63. The van der Waals surface area contributed by atoms with E-state index in [0.29, 0.717) is 0 Å². The SMILES string of the molecule is C1=C(NNc2ccccc2)CCCC1. The van der Waals surface area contributed by atoms with Gasteiger partial charge in [0.25, 0.3) is 0 Å². The summed E-state index contributed by atoms with van der Waals surface area (Å²) in [4.78, 5) is 0. The minimum atomic E-state index is 1.11. The Morgan fingerprint density at radius 1 is 0.929 bits per heavy atom. The number of allylic oxidation sites excluding steroid dienone is 2. The summed E-state index contributed by atoms with van der Waals surface area (Å²) in [6.45, 7) is 0. The van der Waals surface area contributed by atoms with Crippen LogP contribution in [0.25, 0.3) is 0 Å². The van der Waals surface area contributed by atoms with E-state index in [9.17, 15) is 0 Å². The summed E-state index contributed by atoms with van der Waals surface area (Å²) in [6.07, 6.45) is 7.28. The first-order valence-corrected chi connectivity index (χ1v) is 5.21. The van der Waals surface area contributed by atoms with E-state index in [-0.39, 0.29) is 0 Å². The number of rotatable bonds is 3. The molecule has 0 heterocycles. The van der Waals surface area contributed by atoms with Gasteiger partial charge in [-0.25, -0.2) is 0 Å². The maximum atomic E-state index is 3.25. The van der Waals surface area contributed by atoms with Crippen LogP contribution in [0.2, 0.25) is 0 Å². The molecule has 0 aliphatic heterocycles. The molecule has 2 nitrogen and oxygen atoms in total. The Morgan fingerprint density at radius 3 is 2.50 bits per heavy atom. The van der Waals surface area contributed by atoms with Crippen LogP contribution in [-0.2, 0) is 0 Å². The molecule has 1 aliphatic carbocycles. The van der Waals surface area contributed by atoms with Crippen molar-refractivity contribution >= 4 is 5.69 Å². The molecular weight excluding hydrogens is 172 g/mol. The Bertz CT molecular complexity index is 303. The van der Waals surface area contributed by atoms with Crippen molar-refractivity contribution in [3.63, 3.8) is 0 Å². The summed E-state index contributed by atoms with van der Waals surface area (Å²) >= 11 is 0. The Morgan fingerprint density at radius 2 is 1.79 bits per heavy atom. The fraction of sp³-hybridized carbons (Fsp3) is 0.333. The van der Waals surface area contributed by atoms with E-state index in [0.717, 1.165) is 5.69 Å². The van der Waals surface area contributed by atoms with Gasteiger partial charge in [0.1, 0.15) is 0 Å². The van der Waals surface area contributed by atoms with Crippen molar-refractivity contribution in [1.82, 2.24) is 5.43 Å². The highest BCUT2D eigenvalue weighted by molar-refractivity contribution is 5.41. The van der Waals surface area contributed by atoms with Gasteiger partial charge in [0.15, 0.2) is 0 Å². The van der Waals surface area contributed by atoms with Crippen LogP contribution >= 0.6 is 0 Å². The van der Waals surface area contributed by atoms with Crippen molar-refractivity contribution in [3.05, 3.63) is 42.1 Å². The molecule has 0 unspecified atom stereocenters. The molecule has 0 saturated heterocycles. The molecule has 74 valence electrons. The zero-order valence-electron chi connectivity index (χ0n) is 8.29. The first kappa shape index (κ1) is 9.13. The lowest BCUT2D eigenvalue weighted by atomic mass is 10.1. The average molecular weight is 188 g/mol. The topological polar surface area (TPSA) is 24.1 Å². The number of para-hydroxylation sites is 1. The lowest BCUT2D eigenvalue weighted by molar-refractivity contribution is 0.664. The molecule has 0 spiro atoms. The van der Waals surface area contributed by atoms with Crippen molar-refractivity contribution in [3.8, 4) is 0 Å². The highest BCUT2D eigenvalue weighted by atomic mass is 15.4. The van der Waals surface area contributed by atoms with Crippen molar-refractivity contribution in [2.24, 2.45) is 0 Å². The van der Waals surface area contributed by atoms with E-state index < -0.39 is 0 Å². The fourth-order valence-corrected chi connectivity index (χ4v) is 1.63. The molecule has 2 N–H and O–H groups in total. The Balaban J connectivity index is 1.85. The van der Waals surface area contributed by atoms with Crippen LogP contribution in [-0.4, -0.2) is 0 Å². The monoisotopic (exact) mass is 188 g/mol. The van der Waals surface area contributed by atoms with E-state index in [4.69, 9.17) is 0 Å². The molecule has 1 aromatic carbocycles. The van der Waals surface area contributed by atoms with Crippen LogP contribution in [0.4, 0.5) is 5.69 Å². The molecule has 0 amide bonds. The number of hydrogen-bond donors (Lipinski definition) is 2. The molecule has 0 bridgehead atoms. The number of nitrogens with one attached hydrogen (secondary N) is 2. The van der Waals surface area contributed by atoms with E-state index in [1.54, 1.807) is 0 Å². The largest absolute Gasteiger partial charge is 0.305 e. The van der Waals surface area contributed by atoms with E-state index in [2.05, 4.69) is 29.1 Å². The smallest absolute Gasteiger partial charge is 0.0539 e. The van der Waals surface area contributed by atoms with Gasteiger partial charge in [-0.2, -0.15) is 0 Å². The standard InChI is InChI=1S/C12H16N2/c1-3-7-11(8-4-1)13-14-12-9-5-2-6-10-12/h1,3-4,7-9,13-14H,2,5-6,10H2. The summed E-state index contributed by atoms with van der Waals surface area (Å²) in [6, 6.07) is 10.2. The minimum absolute atomic E-state index is 1.11. The summed E-state index contributed by atoms with van der Waals surface area (Å²) in [7, 11) is 0. The molecule has 0 radical (unpaired) electrons. The Kier molecular flexibility index (Phi) is 3.06. The highest BCUT2D eigenvalue weighted by Crippen LogP contribution is 2.15. The number of hydrogen-bond acceptors (Lipinski definition) is 2. The van der Waals surface area contributed by atoms with Gasteiger partial charge in [0, 0.05) is 5.70 Å². The van der Waals surface area contributed by atoms with Crippen molar-refractivity contribution in [1.29, 1.82) is 0 Å². The first-order valence-electron chi connectivity index (χ1n) is 5.21. The quantitative estimate of drug-likeness (QED) is 0.712. The van der Waals surface area contributed by atoms with E-state index >= 15 is 0 Å². The molecule has 14 heavy (non-hydrogen) atoms. The predicted molar refractivity (Wildman–Crippen MR) is 59.8 cm³/mol. The summed E-state index contributed by atoms with van der Waals surface area (Å²) in [5.41, 5.74) is 8.87. The number of hydrazine groups is 1. The van der Waals surface area contributed by atoms with Gasteiger partial charge in [-0.1, -0.05) is 24.3 Å². The van der Waals surface area contributed by atoms with Gasteiger partial charge < -0.3 is 10.9 Å². The third-order valence-electron chi connectivity index (χ3n) is 2.43. The second-order valence-corrected chi connectivity index (χ2v) is 3.59. The lowest BCUT2D eigenvalue weighted by Crippen LogP contribution is -2.21. The Labute approximate surface area is 85.0 Å². The van der Waals surface area contributed by atoms with Crippen LogP contribution in [0, 0.1) is 0 Å².